The third-order valence-corrected chi connectivity index (χ3v) is 3.59. The molecule has 3 aromatic rings. The molecule has 5 nitrogen and oxygen atoms in total. The Labute approximate surface area is 134 Å². The number of fused-ring (bicyclic) bond motifs is 1. The zero-order valence-corrected chi connectivity index (χ0v) is 12.8. The number of hydrogen-bond donors (Lipinski definition) is 1. The summed E-state index contributed by atoms with van der Waals surface area (Å²) in [4.78, 5) is 12.3. The van der Waals surface area contributed by atoms with E-state index in [4.69, 9.17) is 4.74 Å². The van der Waals surface area contributed by atoms with Gasteiger partial charge >= 0.3 is 0 Å². The van der Waals surface area contributed by atoms with Crippen molar-refractivity contribution < 1.29 is 9.53 Å². The number of aromatic nitrogens is 2. The van der Waals surface area contributed by atoms with Crippen LogP contribution in [0, 0.1) is 0 Å². The van der Waals surface area contributed by atoms with E-state index in [0.29, 0.717) is 31.9 Å². The Bertz CT molecular complexity index is 764. The number of ether oxygens (including phenoxy) is 1. The molecule has 3 rings (SSSR count). The first-order valence-corrected chi connectivity index (χ1v) is 7.66. The van der Waals surface area contributed by atoms with E-state index < -0.39 is 0 Å². The molecule has 0 saturated heterocycles. The summed E-state index contributed by atoms with van der Waals surface area (Å²) in [5.74, 6) is -0.0718. The molecule has 0 aliphatic heterocycles. The first kappa shape index (κ1) is 15.2. The molecule has 0 aliphatic rings. The van der Waals surface area contributed by atoms with E-state index in [9.17, 15) is 4.79 Å². The zero-order valence-electron chi connectivity index (χ0n) is 12.8. The number of hydrogen-bond acceptors (Lipinski definition) is 3. The van der Waals surface area contributed by atoms with Crippen LogP contribution in [0.25, 0.3) is 10.8 Å². The maximum Gasteiger partial charge on any atom is 0.251 e. The molecule has 0 saturated carbocycles. The van der Waals surface area contributed by atoms with Crippen molar-refractivity contribution in [2.45, 2.75) is 6.54 Å². The van der Waals surface area contributed by atoms with Crippen molar-refractivity contribution in [3.05, 3.63) is 66.5 Å². The molecular weight excluding hydrogens is 290 g/mol. The number of carbonyl (C=O) groups is 1. The Hall–Kier alpha value is -2.66. The van der Waals surface area contributed by atoms with E-state index in [1.165, 1.54) is 0 Å². The van der Waals surface area contributed by atoms with Crippen LogP contribution >= 0.6 is 0 Å². The number of amides is 1. The molecule has 0 fully saturated rings. The lowest BCUT2D eigenvalue weighted by atomic mass is 10.0. The molecule has 0 aliphatic carbocycles. The smallest absolute Gasteiger partial charge is 0.251 e. The molecule has 0 spiro atoms. The van der Waals surface area contributed by atoms with E-state index in [1.807, 2.05) is 59.4 Å². The number of nitrogens with zero attached hydrogens (tertiary/aromatic N) is 2. The Morgan fingerprint density at radius 3 is 2.83 bits per heavy atom. The molecule has 23 heavy (non-hydrogen) atoms. The van der Waals surface area contributed by atoms with Gasteiger partial charge in [-0.25, -0.2) is 0 Å². The summed E-state index contributed by atoms with van der Waals surface area (Å²) in [6, 6.07) is 15.5. The van der Waals surface area contributed by atoms with Gasteiger partial charge in [-0.05, 0) is 22.9 Å². The van der Waals surface area contributed by atoms with Gasteiger partial charge in [-0.3, -0.25) is 9.48 Å². The van der Waals surface area contributed by atoms with Crippen LogP contribution in [0.3, 0.4) is 0 Å². The molecule has 0 bridgehead atoms. The standard InChI is InChI=1S/C18H19N3O2/c22-18(17-8-3-6-15-5-1-2-7-16(15)17)19-10-13-23-14-12-21-11-4-9-20-21/h1-9,11H,10,12-14H2,(H,19,22). The summed E-state index contributed by atoms with van der Waals surface area (Å²) < 4.78 is 7.32. The molecule has 1 N–H and O–H groups in total. The van der Waals surface area contributed by atoms with Crippen molar-refractivity contribution in [1.82, 2.24) is 15.1 Å². The molecule has 1 heterocycles. The minimum absolute atomic E-state index is 0.0718. The van der Waals surface area contributed by atoms with Crippen molar-refractivity contribution in [1.29, 1.82) is 0 Å². The molecule has 1 aromatic heterocycles. The SMILES string of the molecule is O=C(NCCOCCn1cccn1)c1cccc2ccccc12. The summed E-state index contributed by atoms with van der Waals surface area (Å²) >= 11 is 0. The van der Waals surface area contributed by atoms with Gasteiger partial charge in [0.05, 0.1) is 19.8 Å². The molecule has 1 amide bonds. The second-order valence-electron chi connectivity index (χ2n) is 5.16. The van der Waals surface area contributed by atoms with Crippen LogP contribution in [-0.2, 0) is 11.3 Å². The fourth-order valence-corrected chi connectivity index (χ4v) is 2.45. The lowest BCUT2D eigenvalue weighted by Crippen LogP contribution is -2.27. The van der Waals surface area contributed by atoms with Crippen LogP contribution in [0.15, 0.2) is 60.9 Å². The van der Waals surface area contributed by atoms with Crippen molar-refractivity contribution in [2.24, 2.45) is 0 Å². The van der Waals surface area contributed by atoms with Gasteiger partial charge in [0.2, 0.25) is 0 Å². The quantitative estimate of drug-likeness (QED) is 0.682. The van der Waals surface area contributed by atoms with Crippen LogP contribution in [0.1, 0.15) is 10.4 Å². The minimum Gasteiger partial charge on any atom is -0.378 e. The van der Waals surface area contributed by atoms with Crippen LogP contribution in [0.2, 0.25) is 0 Å². The maximum absolute atomic E-state index is 12.3. The van der Waals surface area contributed by atoms with Gasteiger partial charge in [0, 0.05) is 24.5 Å². The fraction of sp³-hybridized carbons (Fsp3) is 0.222. The third kappa shape index (κ3) is 3.96. The normalized spacial score (nSPS) is 10.8. The summed E-state index contributed by atoms with van der Waals surface area (Å²) in [5, 5.41) is 9.03. The predicted molar refractivity (Wildman–Crippen MR) is 89.3 cm³/mol. The lowest BCUT2D eigenvalue weighted by molar-refractivity contribution is 0.0907. The van der Waals surface area contributed by atoms with E-state index in [1.54, 1.807) is 6.20 Å². The van der Waals surface area contributed by atoms with Gasteiger partial charge in [0.1, 0.15) is 0 Å². The van der Waals surface area contributed by atoms with E-state index in [-0.39, 0.29) is 5.91 Å². The topological polar surface area (TPSA) is 56.1 Å². The number of rotatable bonds is 7. The van der Waals surface area contributed by atoms with Gasteiger partial charge in [0.25, 0.3) is 5.91 Å². The fourth-order valence-electron chi connectivity index (χ4n) is 2.45. The number of benzene rings is 2. The molecule has 0 radical (unpaired) electrons. The molecule has 0 atom stereocenters. The largest absolute Gasteiger partial charge is 0.378 e. The van der Waals surface area contributed by atoms with Crippen molar-refractivity contribution in [3.8, 4) is 0 Å². The van der Waals surface area contributed by atoms with Gasteiger partial charge in [-0.1, -0.05) is 36.4 Å². The van der Waals surface area contributed by atoms with E-state index >= 15 is 0 Å². The zero-order chi connectivity index (χ0) is 15.9. The van der Waals surface area contributed by atoms with Crippen molar-refractivity contribution in [3.63, 3.8) is 0 Å². The van der Waals surface area contributed by atoms with Gasteiger partial charge in [-0.2, -0.15) is 5.10 Å². The average molecular weight is 309 g/mol. The van der Waals surface area contributed by atoms with Crippen LogP contribution < -0.4 is 5.32 Å². The van der Waals surface area contributed by atoms with Gasteiger partial charge < -0.3 is 10.1 Å². The van der Waals surface area contributed by atoms with Crippen molar-refractivity contribution in [2.75, 3.05) is 19.8 Å². The molecule has 0 unspecified atom stereocenters. The van der Waals surface area contributed by atoms with E-state index in [2.05, 4.69) is 10.4 Å². The van der Waals surface area contributed by atoms with Crippen molar-refractivity contribution >= 4 is 16.7 Å². The molecule has 2 aromatic carbocycles. The third-order valence-electron chi connectivity index (χ3n) is 3.59. The summed E-state index contributed by atoms with van der Waals surface area (Å²) in [6.45, 7) is 2.26. The number of nitrogens with one attached hydrogen (secondary N) is 1. The summed E-state index contributed by atoms with van der Waals surface area (Å²) in [5.41, 5.74) is 0.694. The average Bonchev–Trinajstić information content (AvgIpc) is 3.10. The van der Waals surface area contributed by atoms with Crippen LogP contribution in [-0.4, -0.2) is 35.4 Å². The first-order valence-electron chi connectivity index (χ1n) is 7.66. The first-order chi connectivity index (χ1) is 11.3. The monoisotopic (exact) mass is 309 g/mol. The Kier molecular flexibility index (Phi) is 5.01. The van der Waals surface area contributed by atoms with E-state index in [0.717, 1.165) is 10.8 Å². The molecule has 118 valence electrons. The van der Waals surface area contributed by atoms with Crippen LogP contribution in [0.5, 0.6) is 0 Å². The second-order valence-corrected chi connectivity index (χ2v) is 5.16. The molecular formula is C18H19N3O2. The Balaban J connectivity index is 1.45. The second kappa shape index (κ2) is 7.56. The highest BCUT2D eigenvalue weighted by atomic mass is 16.5. The predicted octanol–water partition coefficient (Wildman–Crippen LogP) is 2.48. The van der Waals surface area contributed by atoms with Crippen LogP contribution in [0.4, 0.5) is 0 Å². The highest BCUT2D eigenvalue weighted by Crippen LogP contribution is 2.18. The lowest BCUT2D eigenvalue weighted by Gasteiger charge is -2.09. The minimum atomic E-state index is -0.0718. The maximum atomic E-state index is 12.3. The Morgan fingerprint density at radius 2 is 1.96 bits per heavy atom. The number of carbonyl (C=O) groups excluding carboxylic acids is 1. The highest BCUT2D eigenvalue weighted by Gasteiger charge is 2.08. The highest BCUT2D eigenvalue weighted by molar-refractivity contribution is 6.06. The summed E-state index contributed by atoms with van der Waals surface area (Å²) in [7, 11) is 0. The molecule has 5 heteroatoms. The van der Waals surface area contributed by atoms with Gasteiger partial charge in [0.15, 0.2) is 0 Å². The van der Waals surface area contributed by atoms with Gasteiger partial charge in [-0.15, -0.1) is 0 Å². The summed E-state index contributed by atoms with van der Waals surface area (Å²) in [6.07, 6.45) is 3.63. The Morgan fingerprint density at radius 1 is 1.09 bits per heavy atom.